The summed E-state index contributed by atoms with van der Waals surface area (Å²) in [5.41, 5.74) is -0.378. The lowest BCUT2D eigenvalue weighted by atomic mass is 9.42. The highest BCUT2D eigenvalue weighted by Gasteiger charge is 2.65. The molecular weight excluding hydrogens is 388 g/mol. The molecule has 0 unspecified atom stereocenters. The Kier molecular flexibility index (Phi) is 6.35. The van der Waals surface area contributed by atoms with E-state index >= 15 is 0 Å². The average Bonchev–Trinajstić information content (AvgIpc) is 2.98. The van der Waals surface area contributed by atoms with Crippen LogP contribution in [0.2, 0.25) is 0 Å². The van der Waals surface area contributed by atoms with Gasteiger partial charge in [-0.1, -0.05) is 27.7 Å². The minimum absolute atomic E-state index is 0.0293. The summed E-state index contributed by atoms with van der Waals surface area (Å²) in [6.07, 6.45) is 11.1. The minimum Gasteiger partial charge on any atom is -0.466 e. The van der Waals surface area contributed by atoms with Gasteiger partial charge < -0.3 is 9.84 Å². The standard InChI is InChI=1S/C27H44O4/c1-5-7-24(29)31-15-6-12-27(30)14-11-22-21-9-8-19-17-20(28)16-18(2)26(19,4)23(21)10-13-25(22,27)3/h18-19,21-23,30H,5-17H2,1-4H3/t18-,19-,21-,22-,23-,25-,26-,27-/m0/s1. The van der Waals surface area contributed by atoms with Gasteiger partial charge in [0.05, 0.1) is 12.2 Å². The maximum absolute atomic E-state index is 12.3. The van der Waals surface area contributed by atoms with Gasteiger partial charge in [-0.2, -0.15) is 0 Å². The molecule has 31 heavy (non-hydrogen) atoms. The number of esters is 1. The van der Waals surface area contributed by atoms with E-state index in [2.05, 4.69) is 20.8 Å². The molecule has 1 N–H and O–H groups in total. The van der Waals surface area contributed by atoms with E-state index in [1.54, 1.807) is 0 Å². The Hall–Kier alpha value is -0.900. The summed E-state index contributed by atoms with van der Waals surface area (Å²) in [4.78, 5) is 23.9. The van der Waals surface area contributed by atoms with Crippen molar-refractivity contribution in [2.24, 2.45) is 40.4 Å². The lowest BCUT2D eigenvalue weighted by Crippen LogP contribution is -2.58. The normalized spacial score (nSPS) is 46.7. The summed E-state index contributed by atoms with van der Waals surface area (Å²) in [7, 11) is 0. The first-order valence-corrected chi connectivity index (χ1v) is 13.1. The van der Waals surface area contributed by atoms with Crippen molar-refractivity contribution in [1.82, 2.24) is 0 Å². The number of Topliss-reactive ketones (excluding diaryl/α,β-unsaturated/α-hetero) is 1. The Labute approximate surface area is 188 Å². The molecule has 176 valence electrons. The van der Waals surface area contributed by atoms with Crippen molar-refractivity contribution in [2.75, 3.05) is 6.61 Å². The smallest absolute Gasteiger partial charge is 0.305 e. The molecule has 0 bridgehead atoms. The highest BCUT2D eigenvalue weighted by molar-refractivity contribution is 5.80. The lowest BCUT2D eigenvalue weighted by molar-refractivity contribution is -0.170. The van der Waals surface area contributed by atoms with E-state index in [0.717, 1.165) is 51.4 Å². The molecular formula is C27H44O4. The quantitative estimate of drug-likeness (QED) is 0.432. The predicted octanol–water partition coefficient (Wildman–Crippen LogP) is 5.70. The molecule has 4 aliphatic rings. The number of hydrogen-bond donors (Lipinski definition) is 1. The summed E-state index contributed by atoms with van der Waals surface area (Å²) in [5.74, 6) is 3.37. The van der Waals surface area contributed by atoms with Gasteiger partial charge in [-0.05, 0) is 98.2 Å². The number of ether oxygens (including phenoxy) is 1. The first-order chi connectivity index (χ1) is 14.7. The Morgan fingerprint density at radius 3 is 2.58 bits per heavy atom. The summed E-state index contributed by atoms with van der Waals surface area (Å²) >= 11 is 0. The third-order valence-corrected chi connectivity index (χ3v) is 10.8. The van der Waals surface area contributed by atoms with Crippen molar-refractivity contribution in [3.8, 4) is 0 Å². The second kappa shape index (κ2) is 8.47. The van der Waals surface area contributed by atoms with Crippen molar-refractivity contribution in [3.05, 3.63) is 0 Å². The zero-order valence-corrected chi connectivity index (χ0v) is 20.3. The van der Waals surface area contributed by atoms with Gasteiger partial charge in [-0.3, -0.25) is 9.59 Å². The molecule has 4 rings (SSSR count). The van der Waals surface area contributed by atoms with Crippen molar-refractivity contribution < 1.29 is 19.4 Å². The van der Waals surface area contributed by atoms with Crippen molar-refractivity contribution in [1.29, 1.82) is 0 Å². The first kappa shape index (κ1) is 23.3. The fourth-order valence-corrected chi connectivity index (χ4v) is 8.83. The molecule has 0 heterocycles. The molecule has 4 nitrogen and oxygen atoms in total. The van der Waals surface area contributed by atoms with E-state index in [9.17, 15) is 14.7 Å². The van der Waals surface area contributed by atoms with Crippen LogP contribution in [0.5, 0.6) is 0 Å². The van der Waals surface area contributed by atoms with Gasteiger partial charge in [0.15, 0.2) is 0 Å². The second-order valence-corrected chi connectivity index (χ2v) is 12.0. The third kappa shape index (κ3) is 3.69. The predicted molar refractivity (Wildman–Crippen MR) is 121 cm³/mol. The maximum atomic E-state index is 12.3. The minimum atomic E-state index is -0.633. The monoisotopic (exact) mass is 432 g/mol. The van der Waals surface area contributed by atoms with Crippen LogP contribution in [0.4, 0.5) is 0 Å². The van der Waals surface area contributed by atoms with E-state index in [-0.39, 0.29) is 16.8 Å². The van der Waals surface area contributed by atoms with Crippen LogP contribution in [0.3, 0.4) is 0 Å². The molecule has 0 aromatic carbocycles. The highest BCUT2D eigenvalue weighted by atomic mass is 16.5. The van der Waals surface area contributed by atoms with Crippen LogP contribution in [0.25, 0.3) is 0 Å². The molecule has 4 saturated carbocycles. The SMILES string of the molecule is CCCC(=O)OCCC[C@]1(O)CC[C@H]2[C@@H]3CC[C@H]4CC(=O)C[C@H](C)[C@]4(C)[C@H]3CC[C@@]21C. The van der Waals surface area contributed by atoms with Crippen LogP contribution < -0.4 is 0 Å². The number of rotatable bonds is 6. The van der Waals surface area contributed by atoms with Gasteiger partial charge in [0, 0.05) is 19.3 Å². The van der Waals surface area contributed by atoms with E-state index in [0.29, 0.717) is 48.4 Å². The van der Waals surface area contributed by atoms with Gasteiger partial charge in [-0.25, -0.2) is 0 Å². The van der Waals surface area contributed by atoms with E-state index in [1.165, 1.54) is 19.3 Å². The molecule has 4 aliphatic carbocycles. The number of carbonyl (C=O) groups is 2. The Bertz CT molecular complexity index is 703. The lowest BCUT2D eigenvalue weighted by Gasteiger charge is -2.62. The number of carbonyl (C=O) groups excluding carboxylic acids is 2. The molecule has 0 aromatic rings. The molecule has 8 atom stereocenters. The number of ketones is 1. The number of aliphatic hydroxyl groups is 1. The van der Waals surface area contributed by atoms with Crippen molar-refractivity contribution in [3.63, 3.8) is 0 Å². The molecule has 0 saturated heterocycles. The fraction of sp³-hybridized carbons (Fsp3) is 0.926. The average molecular weight is 433 g/mol. The summed E-state index contributed by atoms with van der Waals surface area (Å²) < 4.78 is 5.36. The van der Waals surface area contributed by atoms with Crippen LogP contribution in [0, 0.1) is 40.4 Å². The van der Waals surface area contributed by atoms with Crippen LogP contribution in [0.15, 0.2) is 0 Å². The number of hydrogen-bond acceptors (Lipinski definition) is 4. The van der Waals surface area contributed by atoms with Crippen LogP contribution >= 0.6 is 0 Å². The van der Waals surface area contributed by atoms with E-state index in [1.807, 2.05) is 6.92 Å². The Morgan fingerprint density at radius 2 is 1.84 bits per heavy atom. The van der Waals surface area contributed by atoms with Gasteiger partial charge in [0.25, 0.3) is 0 Å². The number of fused-ring (bicyclic) bond motifs is 5. The fourth-order valence-electron chi connectivity index (χ4n) is 8.83. The molecule has 0 amide bonds. The van der Waals surface area contributed by atoms with Crippen LogP contribution in [0.1, 0.15) is 105 Å². The molecule has 0 spiro atoms. The summed E-state index contributed by atoms with van der Waals surface area (Å²) in [5, 5.41) is 11.8. The van der Waals surface area contributed by atoms with Crippen LogP contribution in [-0.2, 0) is 14.3 Å². The van der Waals surface area contributed by atoms with E-state index in [4.69, 9.17) is 4.74 Å². The topological polar surface area (TPSA) is 63.6 Å². The zero-order valence-electron chi connectivity index (χ0n) is 20.3. The van der Waals surface area contributed by atoms with Gasteiger partial charge in [-0.15, -0.1) is 0 Å². The van der Waals surface area contributed by atoms with Gasteiger partial charge in [0.1, 0.15) is 5.78 Å². The molecule has 4 fully saturated rings. The van der Waals surface area contributed by atoms with Crippen LogP contribution in [-0.4, -0.2) is 29.1 Å². The molecule has 0 aliphatic heterocycles. The summed E-state index contributed by atoms with van der Waals surface area (Å²) in [6.45, 7) is 9.59. The molecule has 0 radical (unpaired) electrons. The second-order valence-electron chi connectivity index (χ2n) is 12.0. The van der Waals surface area contributed by atoms with Crippen molar-refractivity contribution >= 4 is 11.8 Å². The third-order valence-electron chi connectivity index (χ3n) is 10.8. The maximum Gasteiger partial charge on any atom is 0.305 e. The largest absolute Gasteiger partial charge is 0.466 e. The van der Waals surface area contributed by atoms with E-state index < -0.39 is 5.60 Å². The zero-order chi connectivity index (χ0) is 22.4. The van der Waals surface area contributed by atoms with Gasteiger partial charge in [0.2, 0.25) is 0 Å². The first-order valence-electron chi connectivity index (χ1n) is 13.1. The Morgan fingerprint density at radius 1 is 1.10 bits per heavy atom. The summed E-state index contributed by atoms with van der Waals surface area (Å²) in [6, 6.07) is 0. The molecule has 0 aromatic heterocycles. The Balaban J connectivity index is 1.45. The molecule has 4 heteroatoms. The highest BCUT2D eigenvalue weighted by Crippen LogP contribution is 2.69. The van der Waals surface area contributed by atoms with Gasteiger partial charge >= 0.3 is 5.97 Å². The van der Waals surface area contributed by atoms with Crippen molar-refractivity contribution in [2.45, 2.75) is 110 Å².